The van der Waals surface area contributed by atoms with Crippen molar-refractivity contribution in [1.29, 1.82) is 0 Å². The van der Waals surface area contributed by atoms with Gasteiger partial charge in [0.05, 0.1) is 11.6 Å². The topological polar surface area (TPSA) is 41.6 Å². The van der Waals surface area contributed by atoms with Crippen LogP contribution >= 0.6 is 11.8 Å². The Morgan fingerprint density at radius 1 is 1.39 bits per heavy atom. The summed E-state index contributed by atoms with van der Waals surface area (Å²) < 4.78 is 32.5. The van der Waals surface area contributed by atoms with Gasteiger partial charge in [0.2, 0.25) is 0 Å². The van der Waals surface area contributed by atoms with E-state index in [9.17, 15) is 8.78 Å². The largest absolute Gasteiger partial charge is 0.356 e. The number of nitrogens with zero attached hydrogens (tertiary/aromatic N) is 3. The third-order valence-corrected chi connectivity index (χ3v) is 4.72. The Hall–Kier alpha value is -1.89. The first-order chi connectivity index (χ1) is 11.1. The Kier molecular flexibility index (Phi) is 4.66. The second-order valence-electron chi connectivity index (χ2n) is 5.30. The SMILES string of the molecule is CN=C(SC)N1CCCC1c1cc(-c2cc(F)ccc2F)on1. The molecule has 1 aliphatic rings. The first-order valence-electron chi connectivity index (χ1n) is 7.33. The van der Waals surface area contributed by atoms with Gasteiger partial charge in [-0.3, -0.25) is 4.99 Å². The van der Waals surface area contributed by atoms with Crippen LogP contribution in [0.1, 0.15) is 24.6 Å². The van der Waals surface area contributed by atoms with Crippen LogP contribution in [0.3, 0.4) is 0 Å². The lowest BCUT2D eigenvalue weighted by Crippen LogP contribution is -2.28. The standard InChI is InChI=1S/C16H17F2N3OS/c1-19-16(23-2)21-7-3-4-14(21)13-9-15(22-20-13)11-8-10(17)5-6-12(11)18/h5-6,8-9,14H,3-4,7H2,1-2H3. The maximum absolute atomic E-state index is 13.9. The summed E-state index contributed by atoms with van der Waals surface area (Å²) in [5, 5.41) is 5.02. The van der Waals surface area contributed by atoms with Crippen LogP contribution in [0, 0.1) is 11.6 Å². The highest BCUT2D eigenvalue weighted by Crippen LogP contribution is 2.35. The van der Waals surface area contributed by atoms with E-state index in [4.69, 9.17) is 4.52 Å². The molecule has 3 rings (SSSR count). The van der Waals surface area contributed by atoms with Crippen LogP contribution in [0.5, 0.6) is 0 Å². The monoisotopic (exact) mass is 337 g/mol. The Labute approximate surface area is 137 Å². The van der Waals surface area contributed by atoms with E-state index in [0.717, 1.165) is 48.4 Å². The number of halogens is 2. The van der Waals surface area contributed by atoms with Gasteiger partial charge in [0.1, 0.15) is 17.3 Å². The molecule has 0 N–H and O–H groups in total. The van der Waals surface area contributed by atoms with Crippen molar-refractivity contribution in [3.63, 3.8) is 0 Å². The van der Waals surface area contributed by atoms with Crippen molar-refractivity contribution in [2.45, 2.75) is 18.9 Å². The summed E-state index contributed by atoms with van der Waals surface area (Å²) in [4.78, 5) is 6.47. The van der Waals surface area contributed by atoms with Crippen molar-refractivity contribution < 1.29 is 13.3 Å². The Bertz CT molecular complexity index is 732. The molecule has 1 fully saturated rings. The molecule has 7 heteroatoms. The summed E-state index contributed by atoms with van der Waals surface area (Å²) >= 11 is 1.58. The minimum absolute atomic E-state index is 0.0512. The second-order valence-corrected chi connectivity index (χ2v) is 6.08. The van der Waals surface area contributed by atoms with Crippen LogP contribution in [-0.4, -0.2) is 35.1 Å². The highest BCUT2D eigenvalue weighted by molar-refractivity contribution is 8.13. The summed E-state index contributed by atoms with van der Waals surface area (Å²) in [6, 6.07) is 5.03. The van der Waals surface area contributed by atoms with Gasteiger partial charge >= 0.3 is 0 Å². The minimum Gasteiger partial charge on any atom is -0.356 e. The Balaban J connectivity index is 1.91. The number of rotatable bonds is 2. The normalized spacial score (nSPS) is 18.7. The molecule has 0 radical (unpaired) electrons. The average molecular weight is 337 g/mol. The van der Waals surface area contributed by atoms with E-state index in [1.54, 1.807) is 24.9 Å². The van der Waals surface area contributed by atoms with Gasteiger partial charge in [0.15, 0.2) is 10.9 Å². The van der Waals surface area contributed by atoms with Crippen LogP contribution < -0.4 is 0 Å². The molecule has 4 nitrogen and oxygen atoms in total. The summed E-state index contributed by atoms with van der Waals surface area (Å²) in [7, 11) is 1.76. The molecule has 122 valence electrons. The van der Waals surface area contributed by atoms with E-state index >= 15 is 0 Å². The quantitative estimate of drug-likeness (QED) is 0.611. The van der Waals surface area contributed by atoms with Crippen LogP contribution in [0.4, 0.5) is 8.78 Å². The number of hydrogen-bond acceptors (Lipinski definition) is 4. The number of amidine groups is 1. The third-order valence-electron chi connectivity index (χ3n) is 3.94. The number of aromatic nitrogens is 1. The van der Waals surface area contributed by atoms with Crippen LogP contribution in [0.15, 0.2) is 33.8 Å². The van der Waals surface area contributed by atoms with E-state index in [2.05, 4.69) is 15.0 Å². The molecule has 0 amide bonds. The van der Waals surface area contributed by atoms with E-state index in [1.165, 1.54) is 0 Å². The van der Waals surface area contributed by atoms with Gasteiger partial charge in [-0.15, -0.1) is 0 Å². The average Bonchev–Trinajstić information content (AvgIpc) is 3.20. The van der Waals surface area contributed by atoms with Gasteiger partial charge in [-0.05, 0) is 37.3 Å². The third kappa shape index (κ3) is 3.10. The van der Waals surface area contributed by atoms with E-state index in [-0.39, 0.29) is 17.4 Å². The van der Waals surface area contributed by atoms with Crippen molar-refractivity contribution in [1.82, 2.24) is 10.1 Å². The first-order valence-corrected chi connectivity index (χ1v) is 8.56. The summed E-state index contributed by atoms with van der Waals surface area (Å²) in [5.41, 5.74) is 0.805. The van der Waals surface area contributed by atoms with Crippen molar-refractivity contribution in [2.24, 2.45) is 4.99 Å². The Morgan fingerprint density at radius 3 is 2.96 bits per heavy atom. The molecule has 2 aromatic rings. The lowest BCUT2D eigenvalue weighted by atomic mass is 10.1. The molecule has 1 saturated heterocycles. The number of thioether (sulfide) groups is 1. The molecule has 1 aromatic carbocycles. The van der Waals surface area contributed by atoms with Gasteiger partial charge in [-0.2, -0.15) is 0 Å². The molecule has 1 aliphatic heterocycles. The Morgan fingerprint density at radius 2 is 2.22 bits per heavy atom. The summed E-state index contributed by atoms with van der Waals surface area (Å²) in [6.07, 6.45) is 3.94. The fourth-order valence-corrected chi connectivity index (χ4v) is 3.53. The van der Waals surface area contributed by atoms with Gasteiger partial charge in [0, 0.05) is 19.7 Å². The maximum atomic E-state index is 13.9. The molecule has 23 heavy (non-hydrogen) atoms. The lowest BCUT2D eigenvalue weighted by Gasteiger charge is -2.24. The molecule has 1 aromatic heterocycles. The molecular formula is C16H17F2N3OS. The van der Waals surface area contributed by atoms with E-state index < -0.39 is 11.6 Å². The van der Waals surface area contributed by atoms with Gasteiger partial charge in [0.25, 0.3) is 0 Å². The zero-order chi connectivity index (χ0) is 16.4. The van der Waals surface area contributed by atoms with Gasteiger partial charge in [-0.1, -0.05) is 16.9 Å². The smallest absolute Gasteiger partial charge is 0.170 e. The lowest BCUT2D eigenvalue weighted by molar-refractivity contribution is 0.361. The molecule has 1 atom stereocenters. The van der Waals surface area contributed by atoms with Crippen LogP contribution in [-0.2, 0) is 0 Å². The molecule has 1 unspecified atom stereocenters. The molecule has 0 bridgehead atoms. The number of hydrogen-bond donors (Lipinski definition) is 0. The summed E-state index contributed by atoms with van der Waals surface area (Å²) in [5.74, 6) is -0.801. The molecular weight excluding hydrogens is 320 g/mol. The van der Waals surface area contributed by atoms with Gasteiger partial charge < -0.3 is 9.42 Å². The zero-order valence-corrected chi connectivity index (χ0v) is 13.7. The van der Waals surface area contributed by atoms with Crippen molar-refractivity contribution >= 4 is 16.9 Å². The van der Waals surface area contributed by atoms with Crippen LogP contribution in [0.2, 0.25) is 0 Å². The van der Waals surface area contributed by atoms with E-state index in [0.29, 0.717) is 0 Å². The molecule has 0 spiro atoms. The summed E-state index contributed by atoms with van der Waals surface area (Å²) in [6.45, 7) is 0.898. The number of likely N-dealkylation sites (tertiary alicyclic amines) is 1. The zero-order valence-electron chi connectivity index (χ0n) is 12.9. The maximum Gasteiger partial charge on any atom is 0.170 e. The fraction of sp³-hybridized carbons (Fsp3) is 0.375. The van der Waals surface area contributed by atoms with Crippen LogP contribution in [0.25, 0.3) is 11.3 Å². The molecule has 0 aliphatic carbocycles. The first kappa shape index (κ1) is 16.0. The predicted octanol–water partition coefficient (Wildman–Crippen LogP) is 4.11. The van der Waals surface area contributed by atoms with Crippen molar-refractivity contribution in [3.8, 4) is 11.3 Å². The number of benzene rings is 1. The second kappa shape index (κ2) is 6.70. The van der Waals surface area contributed by atoms with E-state index in [1.807, 2.05) is 6.26 Å². The highest BCUT2D eigenvalue weighted by Gasteiger charge is 2.31. The highest BCUT2D eigenvalue weighted by atomic mass is 32.2. The minimum atomic E-state index is -0.530. The molecule has 2 heterocycles. The van der Waals surface area contributed by atoms with Gasteiger partial charge in [-0.25, -0.2) is 8.78 Å². The van der Waals surface area contributed by atoms with Crippen molar-refractivity contribution in [3.05, 3.63) is 41.6 Å². The number of aliphatic imine (C=N–C) groups is 1. The molecule has 0 saturated carbocycles. The predicted molar refractivity (Wildman–Crippen MR) is 87.4 cm³/mol. The van der Waals surface area contributed by atoms with Crippen molar-refractivity contribution in [2.75, 3.05) is 19.8 Å². The fourth-order valence-electron chi connectivity index (χ4n) is 2.90.